The van der Waals surface area contributed by atoms with Crippen LogP contribution >= 0.6 is 0 Å². The minimum atomic E-state index is 0.219. The Morgan fingerprint density at radius 3 is 2.94 bits per heavy atom. The van der Waals surface area contributed by atoms with Crippen molar-refractivity contribution >= 4 is 11.7 Å². The Hall–Kier alpha value is -1.69. The van der Waals surface area contributed by atoms with Gasteiger partial charge in [-0.3, -0.25) is 9.78 Å². The Labute approximate surface area is 107 Å². The van der Waals surface area contributed by atoms with E-state index in [-0.39, 0.29) is 5.91 Å². The summed E-state index contributed by atoms with van der Waals surface area (Å²) in [5.74, 6) is 6.46. The van der Waals surface area contributed by atoms with Crippen molar-refractivity contribution in [1.29, 1.82) is 0 Å². The highest BCUT2D eigenvalue weighted by Gasteiger charge is 2.28. The standard InChI is InChI=1S/C12H19N5O/c1-2-3-9-4-12(18)17(7-9)8-10-5-15-11(16-13)6-14-10/h5-6,9H,2-4,7-8,13H2,1H3,(H,15,16). The summed E-state index contributed by atoms with van der Waals surface area (Å²) in [6, 6.07) is 0. The van der Waals surface area contributed by atoms with Crippen LogP contribution in [-0.2, 0) is 11.3 Å². The number of anilines is 1. The molecule has 0 aliphatic carbocycles. The third kappa shape index (κ3) is 2.95. The summed E-state index contributed by atoms with van der Waals surface area (Å²) in [5.41, 5.74) is 3.22. The van der Waals surface area contributed by atoms with Crippen molar-refractivity contribution < 1.29 is 4.79 Å². The molecule has 6 nitrogen and oxygen atoms in total. The first-order chi connectivity index (χ1) is 8.72. The van der Waals surface area contributed by atoms with Crippen LogP contribution < -0.4 is 11.3 Å². The number of carbonyl (C=O) groups is 1. The maximum Gasteiger partial charge on any atom is 0.223 e. The summed E-state index contributed by atoms with van der Waals surface area (Å²) in [6.45, 7) is 3.53. The third-order valence-electron chi connectivity index (χ3n) is 3.20. The molecule has 1 unspecified atom stereocenters. The van der Waals surface area contributed by atoms with Crippen molar-refractivity contribution in [3.8, 4) is 0 Å². The fourth-order valence-corrected chi connectivity index (χ4v) is 2.31. The molecule has 0 aromatic carbocycles. The second kappa shape index (κ2) is 5.77. The molecule has 1 aromatic heterocycles. The molecule has 98 valence electrons. The summed E-state index contributed by atoms with van der Waals surface area (Å²) in [7, 11) is 0. The average Bonchev–Trinajstić information content (AvgIpc) is 2.71. The van der Waals surface area contributed by atoms with E-state index >= 15 is 0 Å². The summed E-state index contributed by atoms with van der Waals surface area (Å²) in [5, 5.41) is 0. The molecule has 1 aliphatic heterocycles. The lowest BCUT2D eigenvalue weighted by Crippen LogP contribution is -2.25. The Bertz CT molecular complexity index is 405. The fraction of sp³-hybridized carbons (Fsp3) is 0.583. The van der Waals surface area contributed by atoms with Gasteiger partial charge in [0.15, 0.2) is 5.82 Å². The van der Waals surface area contributed by atoms with E-state index in [1.807, 2.05) is 4.90 Å². The van der Waals surface area contributed by atoms with E-state index in [2.05, 4.69) is 22.3 Å². The Kier molecular flexibility index (Phi) is 4.09. The zero-order valence-corrected chi connectivity index (χ0v) is 10.6. The van der Waals surface area contributed by atoms with Crippen molar-refractivity contribution in [3.05, 3.63) is 18.1 Å². The number of nitrogens with two attached hydrogens (primary N) is 1. The second-order valence-electron chi connectivity index (χ2n) is 4.67. The summed E-state index contributed by atoms with van der Waals surface area (Å²) in [4.78, 5) is 22.0. The number of hydrazine groups is 1. The van der Waals surface area contributed by atoms with E-state index in [4.69, 9.17) is 5.84 Å². The molecule has 1 atom stereocenters. The molecule has 0 spiro atoms. The Morgan fingerprint density at radius 1 is 1.50 bits per heavy atom. The first-order valence-corrected chi connectivity index (χ1v) is 6.28. The number of nitrogens with zero attached hydrogens (tertiary/aromatic N) is 3. The zero-order chi connectivity index (χ0) is 13.0. The second-order valence-corrected chi connectivity index (χ2v) is 4.67. The van der Waals surface area contributed by atoms with Gasteiger partial charge in [0.1, 0.15) is 0 Å². The van der Waals surface area contributed by atoms with Crippen LogP contribution in [0.2, 0.25) is 0 Å². The van der Waals surface area contributed by atoms with Crippen LogP contribution in [0.3, 0.4) is 0 Å². The molecule has 0 radical (unpaired) electrons. The Balaban J connectivity index is 1.94. The molecular weight excluding hydrogens is 230 g/mol. The van der Waals surface area contributed by atoms with E-state index < -0.39 is 0 Å². The highest BCUT2D eigenvalue weighted by Crippen LogP contribution is 2.23. The number of amides is 1. The van der Waals surface area contributed by atoms with E-state index in [9.17, 15) is 4.79 Å². The van der Waals surface area contributed by atoms with Crippen LogP contribution in [-0.4, -0.2) is 27.3 Å². The number of hydrogen-bond acceptors (Lipinski definition) is 5. The highest BCUT2D eigenvalue weighted by atomic mass is 16.2. The predicted molar refractivity (Wildman–Crippen MR) is 68.3 cm³/mol. The molecule has 6 heteroatoms. The molecule has 3 N–H and O–H groups in total. The number of aromatic nitrogens is 2. The summed E-state index contributed by atoms with van der Waals surface area (Å²) < 4.78 is 0. The monoisotopic (exact) mass is 249 g/mol. The van der Waals surface area contributed by atoms with Crippen molar-refractivity contribution in [1.82, 2.24) is 14.9 Å². The molecule has 1 amide bonds. The summed E-state index contributed by atoms with van der Waals surface area (Å²) >= 11 is 0. The highest BCUT2D eigenvalue weighted by molar-refractivity contribution is 5.78. The topological polar surface area (TPSA) is 84.1 Å². The molecule has 0 bridgehead atoms. The molecule has 2 heterocycles. The van der Waals surface area contributed by atoms with Crippen LogP contribution in [0.15, 0.2) is 12.4 Å². The lowest BCUT2D eigenvalue weighted by atomic mass is 10.0. The van der Waals surface area contributed by atoms with Gasteiger partial charge in [0, 0.05) is 13.0 Å². The fourth-order valence-electron chi connectivity index (χ4n) is 2.31. The number of nitrogens with one attached hydrogen (secondary N) is 1. The van der Waals surface area contributed by atoms with E-state index in [1.165, 1.54) is 0 Å². The quantitative estimate of drug-likeness (QED) is 0.598. The van der Waals surface area contributed by atoms with Crippen LogP contribution in [0.25, 0.3) is 0 Å². The first-order valence-electron chi connectivity index (χ1n) is 6.28. The lowest BCUT2D eigenvalue weighted by molar-refractivity contribution is -0.128. The molecule has 18 heavy (non-hydrogen) atoms. The normalized spacial score (nSPS) is 19.3. The zero-order valence-electron chi connectivity index (χ0n) is 10.6. The molecule has 1 aromatic rings. The van der Waals surface area contributed by atoms with Gasteiger partial charge in [-0.2, -0.15) is 0 Å². The van der Waals surface area contributed by atoms with Gasteiger partial charge in [-0.15, -0.1) is 0 Å². The van der Waals surface area contributed by atoms with Gasteiger partial charge < -0.3 is 10.3 Å². The first kappa shape index (κ1) is 12.8. The Morgan fingerprint density at radius 2 is 2.33 bits per heavy atom. The van der Waals surface area contributed by atoms with E-state index in [1.54, 1.807) is 12.4 Å². The SMILES string of the molecule is CCCC1CC(=O)N(Cc2cnc(NN)cn2)C1. The van der Waals surface area contributed by atoms with Gasteiger partial charge >= 0.3 is 0 Å². The predicted octanol–water partition coefficient (Wildman–Crippen LogP) is 0.911. The number of nitrogen functional groups attached to an aromatic ring is 1. The van der Waals surface area contributed by atoms with Crippen molar-refractivity contribution in [2.75, 3.05) is 12.0 Å². The molecule has 1 aliphatic rings. The van der Waals surface area contributed by atoms with Gasteiger partial charge in [0.25, 0.3) is 0 Å². The van der Waals surface area contributed by atoms with Crippen LogP contribution in [0.5, 0.6) is 0 Å². The number of likely N-dealkylation sites (tertiary alicyclic amines) is 1. The molecule has 0 saturated carbocycles. The minimum absolute atomic E-state index is 0.219. The van der Waals surface area contributed by atoms with Crippen LogP contribution in [0.1, 0.15) is 31.9 Å². The lowest BCUT2D eigenvalue weighted by Gasteiger charge is -2.15. The molecule has 2 rings (SSSR count). The molecular formula is C12H19N5O. The van der Waals surface area contributed by atoms with Gasteiger partial charge in [0.2, 0.25) is 5.91 Å². The van der Waals surface area contributed by atoms with Crippen molar-refractivity contribution in [3.63, 3.8) is 0 Å². The molecule has 1 saturated heterocycles. The maximum absolute atomic E-state index is 11.8. The van der Waals surface area contributed by atoms with Gasteiger partial charge in [-0.1, -0.05) is 13.3 Å². The van der Waals surface area contributed by atoms with Gasteiger partial charge in [0.05, 0.1) is 24.6 Å². The number of rotatable bonds is 5. The molecule has 1 fully saturated rings. The number of carbonyl (C=O) groups excluding carboxylic acids is 1. The number of hydrogen-bond donors (Lipinski definition) is 2. The van der Waals surface area contributed by atoms with Crippen molar-refractivity contribution in [2.24, 2.45) is 11.8 Å². The maximum atomic E-state index is 11.8. The van der Waals surface area contributed by atoms with E-state index in [0.29, 0.717) is 24.7 Å². The van der Waals surface area contributed by atoms with Crippen LogP contribution in [0, 0.1) is 5.92 Å². The smallest absolute Gasteiger partial charge is 0.223 e. The van der Waals surface area contributed by atoms with Gasteiger partial charge in [-0.25, -0.2) is 10.8 Å². The minimum Gasteiger partial charge on any atom is -0.336 e. The third-order valence-corrected chi connectivity index (χ3v) is 3.20. The largest absolute Gasteiger partial charge is 0.336 e. The average molecular weight is 249 g/mol. The van der Waals surface area contributed by atoms with Crippen LogP contribution in [0.4, 0.5) is 5.82 Å². The van der Waals surface area contributed by atoms with Crippen molar-refractivity contribution in [2.45, 2.75) is 32.7 Å². The van der Waals surface area contributed by atoms with E-state index in [0.717, 1.165) is 25.1 Å². The van der Waals surface area contributed by atoms with Gasteiger partial charge in [-0.05, 0) is 12.3 Å². The summed E-state index contributed by atoms with van der Waals surface area (Å²) in [6.07, 6.45) is 6.13.